The van der Waals surface area contributed by atoms with Crippen molar-refractivity contribution < 1.29 is 9.53 Å². The fourth-order valence-corrected chi connectivity index (χ4v) is 3.82. The Kier molecular flexibility index (Phi) is 2.93. The first kappa shape index (κ1) is 12.4. The second-order valence-corrected chi connectivity index (χ2v) is 5.76. The maximum absolute atomic E-state index is 11.9. The van der Waals surface area contributed by atoms with Crippen molar-refractivity contribution in [2.75, 3.05) is 12.3 Å². The van der Waals surface area contributed by atoms with Gasteiger partial charge in [0.2, 0.25) is 0 Å². The summed E-state index contributed by atoms with van der Waals surface area (Å²) in [7, 11) is 0. The first-order chi connectivity index (χ1) is 9.13. The summed E-state index contributed by atoms with van der Waals surface area (Å²) in [4.78, 5) is 17.9. The van der Waals surface area contributed by atoms with Crippen molar-refractivity contribution in [3.8, 4) is 0 Å². The first-order valence-corrected chi connectivity index (χ1v) is 7.32. The molecule has 100 valence electrons. The van der Waals surface area contributed by atoms with Gasteiger partial charge < -0.3 is 10.5 Å². The first-order valence-electron chi connectivity index (χ1n) is 6.51. The summed E-state index contributed by atoms with van der Waals surface area (Å²) in [5.41, 5.74) is 10.3. The van der Waals surface area contributed by atoms with Gasteiger partial charge in [0.1, 0.15) is 9.71 Å². The standard InChI is InChI=1S/C14H16N2O2S/c1-3-18-14(17)12-11(15)10-7(2)8-5-4-6-9(8)16-13(10)19-12/h3-6,15H2,1-2H3. The topological polar surface area (TPSA) is 65.2 Å². The molecule has 2 N–H and O–H groups in total. The van der Waals surface area contributed by atoms with E-state index in [2.05, 4.69) is 11.9 Å². The summed E-state index contributed by atoms with van der Waals surface area (Å²) in [5, 5.41) is 0.939. The molecule has 0 aliphatic heterocycles. The molecule has 2 aromatic heterocycles. The number of ether oxygens (including phenoxy) is 1. The molecule has 2 aromatic rings. The molecule has 1 aliphatic carbocycles. The van der Waals surface area contributed by atoms with Crippen LogP contribution in [0.5, 0.6) is 0 Å². The van der Waals surface area contributed by atoms with Crippen LogP contribution in [0.15, 0.2) is 0 Å². The van der Waals surface area contributed by atoms with Gasteiger partial charge in [-0.3, -0.25) is 0 Å². The molecule has 0 saturated carbocycles. The number of nitrogens with two attached hydrogens (primary N) is 1. The van der Waals surface area contributed by atoms with Crippen LogP contribution in [0.25, 0.3) is 10.2 Å². The van der Waals surface area contributed by atoms with E-state index in [0.29, 0.717) is 17.2 Å². The van der Waals surface area contributed by atoms with Gasteiger partial charge in [-0.2, -0.15) is 0 Å². The molecule has 0 fully saturated rings. The number of anilines is 1. The molecule has 0 aromatic carbocycles. The zero-order valence-corrected chi connectivity index (χ0v) is 11.9. The Morgan fingerprint density at radius 2 is 2.26 bits per heavy atom. The summed E-state index contributed by atoms with van der Waals surface area (Å²) in [6, 6.07) is 0. The Labute approximate surface area is 115 Å². The molecular weight excluding hydrogens is 260 g/mol. The molecule has 2 heterocycles. The lowest BCUT2D eigenvalue weighted by molar-refractivity contribution is 0.0533. The smallest absolute Gasteiger partial charge is 0.350 e. The molecule has 0 bridgehead atoms. The lowest BCUT2D eigenvalue weighted by Crippen LogP contribution is -2.05. The van der Waals surface area contributed by atoms with Crippen LogP contribution in [0.2, 0.25) is 0 Å². The molecule has 0 amide bonds. The van der Waals surface area contributed by atoms with Crippen molar-refractivity contribution in [2.45, 2.75) is 33.1 Å². The molecule has 0 unspecified atom stereocenters. The van der Waals surface area contributed by atoms with Crippen LogP contribution in [-0.2, 0) is 17.6 Å². The lowest BCUT2D eigenvalue weighted by atomic mass is 10.0. The maximum Gasteiger partial charge on any atom is 0.350 e. The number of hydrogen-bond acceptors (Lipinski definition) is 5. The van der Waals surface area contributed by atoms with Gasteiger partial charge >= 0.3 is 5.97 Å². The van der Waals surface area contributed by atoms with E-state index in [9.17, 15) is 4.79 Å². The SMILES string of the molecule is CCOC(=O)c1sc2nc3c(c(C)c2c1N)CCC3. The fourth-order valence-electron chi connectivity index (χ4n) is 2.75. The van der Waals surface area contributed by atoms with Crippen molar-refractivity contribution in [1.29, 1.82) is 0 Å². The zero-order chi connectivity index (χ0) is 13.6. The molecule has 19 heavy (non-hydrogen) atoms. The van der Waals surface area contributed by atoms with Crippen LogP contribution in [0.3, 0.4) is 0 Å². The third kappa shape index (κ3) is 1.80. The van der Waals surface area contributed by atoms with Crippen LogP contribution in [-0.4, -0.2) is 17.6 Å². The van der Waals surface area contributed by atoms with E-state index in [1.165, 1.54) is 28.2 Å². The second-order valence-electron chi connectivity index (χ2n) is 4.76. The lowest BCUT2D eigenvalue weighted by Gasteiger charge is -2.05. The van der Waals surface area contributed by atoms with E-state index in [-0.39, 0.29) is 5.97 Å². The monoisotopic (exact) mass is 276 g/mol. The van der Waals surface area contributed by atoms with E-state index >= 15 is 0 Å². The average Bonchev–Trinajstić information content (AvgIpc) is 2.95. The summed E-state index contributed by atoms with van der Waals surface area (Å²) in [6.45, 7) is 4.22. The third-order valence-electron chi connectivity index (χ3n) is 3.64. The van der Waals surface area contributed by atoms with Gasteiger partial charge in [0.05, 0.1) is 12.3 Å². The summed E-state index contributed by atoms with van der Waals surface area (Å²) in [5.74, 6) is -0.345. The van der Waals surface area contributed by atoms with Gasteiger partial charge in [-0.25, -0.2) is 9.78 Å². The van der Waals surface area contributed by atoms with Gasteiger partial charge in [0.15, 0.2) is 0 Å². The Hall–Kier alpha value is -1.62. The molecule has 0 atom stereocenters. The number of aromatic nitrogens is 1. The number of aryl methyl sites for hydroxylation is 2. The third-order valence-corrected chi connectivity index (χ3v) is 4.72. The molecule has 5 heteroatoms. The number of nitrogen functional groups attached to an aromatic ring is 1. The number of pyridine rings is 1. The number of esters is 1. The van der Waals surface area contributed by atoms with Gasteiger partial charge in [-0.15, -0.1) is 11.3 Å². The van der Waals surface area contributed by atoms with Crippen LogP contribution in [0.4, 0.5) is 5.69 Å². The Bertz CT molecular complexity index is 676. The van der Waals surface area contributed by atoms with Gasteiger partial charge in [-0.1, -0.05) is 0 Å². The number of carbonyl (C=O) groups excluding carboxylic acids is 1. The van der Waals surface area contributed by atoms with Crippen LogP contribution in [0.1, 0.15) is 39.8 Å². The normalized spacial score (nSPS) is 13.8. The zero-order valence-electron chi connectivity index (χ0n) is 11.1. The number of nitrogens with zero attached hydrogens (tertiary/aromatic N) is 1. The predicted molar refractivity (Wildman–Crippen MR) is 76.8 cm³/mol. The molecule has 0 radical (unpaired) electrons. The van der Waals surface area contributed by atoms with E-state index in [4.69, 9.17) is 10.5 Å². The van der Waals surface area contributed by atoms with Crippen LogP contribution in [0, 0.1) is 6.92 Å². The highest BCUT2D eigenvalue weighted by Crippen LogP contribution is 2.39. The maximum atomic E-state index is 11.9. The minimum Gasteiger partial charge on any atom is -0.462 e. The Morgan fingerprint density at radius 1 is 1.47 bits per heavy atom. The van der Waals surface area contributed by atoms with Crippen molar-refractivity contribution in [1.82, 2.24) is 4.98 Å². The molecule has 1 aliphatic rings. The summed E-state index contributed by atoms with van der Waals surface area (Å²) >= 11 is 1.34. The van der Waals surface area contributed by atoms with Gasteiger partial charge in [0.25, 0.3) is 0 Å². The van der Waals surface area contributed by atoms with E-state index in [1.54, 1.807) is 6.92 Å². The van der Waals surface area contributed by atoms with E-state index in [1.807, 2.05) is 0 Å². The number of rotatable bonds is 2. The minimum atomic E-state index is -0.345. The van der Waals surface area contributed by atoms with E-state index in [0.717, 1.165) is 29.5 Å². The van der Waals surface area contributed by atoms with Gasteiger partial charge in [0, 0.05) is 11.1 Å². The number of carbonyl (C=O) groups is 1. The number of fused-ring (bicyclic) bond motifs is 2. The highest BCUT2D eigenvalue weighted by atomic mass is 32.1. The van der Waals surface area contributed by atoms with Crippen molar-refractivity contribution >= 4 is 33.2 Å². The van der Waals surface area contributed by atoms with Gasteiger partial charge in [-0.05, 0) is 44.2 Å². The predicted octanol–water partition coefficient (Wildman–Crippen LogP) is 2.85. The van der Waals surface area contributed by atoms with Crippen molar-refractivity contribution in [3.05, 3.63) is 21.7 Å². The van der Waals surface area contributed by atoms with Crippen molar-refractivity contribution in [2.24, 2.45) is 0 Å². The molecule has 0 spiro atoms. The largest absolute Gasteiger partial charge is 0.462 e. The highest BCUT2D eigenvalue weighted by molar-refractivity contribution is 7.21. The Balaban J connectivity index is 2.22. The highest BCUT2D eigenvalue weighted by Gasteiger charge is 2.24. The second kappa shape index (κ2) is 4.49. The molecule has 0 saturated heterocycles. The minimum absolute atomic E-state index is 0.345. The molecular formula is C14H16N2O2S. The molecule has 4 nitrogen and oxygen atoms in total. The quantitative estimate of drug-likeness (QED) is 0.857. The Morgan fingerprint density at radius 3 is 3.00 bits per heavy atom. The average molecular weight is 276 g/mol. The number of hydrogen-bond donors (Lipinski definition) is 1. The number of thiophene rings is 1. The summed E-state index contributed by atoms with van der Waals surface area (Å²) < 4.78 is 5.04. The van der Waals surface area contributed by atoms with Crippen molar-refractivity contribution in [3.63, 3.8) is 0 Å². The van der Waals surface area contributed by atoms with Crippen LogP contribution < -0.4 is 5.73 Å². The summed E-state index contributed by atoms with van der Waals surface area (Å²) in [6.07, 6.45) is 3.25. The van der Waals surface area contributed by atoms with Crippen LogP contribution >= 0.6 is 11.3 Å². The fraction of sp³-hybridized carbons (Fsp3) is 0.429. The molecule has 3 rings (SSSR count). The van der Waals surface area contributed by atoms with E-state index < -0.39 is 0 Å².